The molecule has 31 heavy (non-hydrogen) atoms. The van der Waals surface area contributed by atoms with Gasteiger partial charge in [-0.3, -0.25) is 0 Å². The van der Waals surface area contributed by atoms with E-state index in [1.54, 1.807) is 6.04 Å². The van der Waals surface area contributed by atoms with E-state index in [9.17, 15) is 0 Å². The highest BCUT2D eigenvalue weighted by molar-refractivity contribution is 6.83. The van der Waals surface area contributed by atoms with Gasteiger partial charge in [-0.25, -0.2) is 0 Å². The molecule has 0 atom stereocenters. The molecule has 0 amide bonds. The summed E-state index contributed by atoms with van der Waals surface area (Å²) >= 11 is 0. The van der Waals surface area contributed by atoms with E-state index in [4.69, 9.17) is 9.47 Å². The van der Waals surface area contributed by atoms with Crippen molar-refractivity contribution >= 4 is 8.07 Å². The van der Waals surface area contributed by atoms with Crippen LogP contribution in [0.15, 0.2) is 0 Å². The Hall–Kier alpha value is 0.137. The first kappa shape index (κ1) is 31.1. The van der Waals surface area contributed by atoms with E-state index in [1.807, 2.05) is 0 Å². The van der Waals surface area contributed by atoms with E-state index in [0.717, 1.165) is 42.9 Å². The van der Waals surface area contributed by atoms with Crippen LogP contribution in [0.3, 0.4) is 0 Å². The topological polar surface area (TPSA) is 18.5 Å². The predicted octanol–water partition coefficient (Wildman–Crippen LogP) is 9.79. The van der Waals surface area contributed by atoms with Crippen LogP contribution in [0.2, 0.25) is 22.7 Å². The third-order valence-electron chi connectivity index (χ3n) is 7.51. The number of ether oxygens (including phenoxy) is 2. The van der Waals surface area contributed by atoms with Gasteiger partial charge in [0.2, 0.25) is 0 Å². The van der Waals surface area contributed by atoms with Gasteiger partial charge >= 0.3 is 0 Å². The maximum atomic E-state index is 5.69. The lowest BCUT2D eigenvalue weighted by molar-refractivity contribution is 0.0507. The van der Waals surface area contributed by atoms with Gasteiger partial charge in [-0.05, 0) is 26.7 Å². The van der Waals surface area contributed by atoms with Crippen molar-refractivity contribution < 1.29 is 9.47 Å². The molecule has 0 aromatic carbocycles. The van der Waals surface area contributed by atoms with E-state index >= 15 is 0 Å². The Balaban J connectivity index is 3.47. The second-order valence-corrected chi connectivity index (χ2v) is 17.3. The monoisotopic (exact) mass is 456 g/mol. The molecule has 0 N–H and O–H groups in total. The zero-order valence-electron chi connectivity index (χ0n) is 22.9. The highest BCUT2D eigenvalue weighted by Gasteiger charge is 2.41. The average Bonchev–Trinajstić information content (AvgIpc) is 2.68. The summed E-state index contributed by atoms with van der Waals surface area (Å²) in [5.41, 5.74) is 2.76. The molecule has 0 saturated carbocycles. The molecule has 3 heteroatoms. The van der Waals surface area contributed by atoms with Crippen LogP contribution in [0.1, 0.15) is 132 Å². The van der Waals surface area contributed by atoms with Crippen LogP contribution >= 0.6 is 0 Å². The molecule has 0 spiro atoms. The normalized spacial score (nSPS) is 12.8. The number of rotatable bonds is 22. The highest BCUT2D eigenvalue weighted by Crippen LogP contribution is 2.45. The molecule has 0 aliphatic carbocycles. The quantitative estimate of drug-likeness (QED) is 0.119. The summed E-state index contributed by atoms with van der Waals surface area (Å²) in [6, 6.07) is 1.55. The Labute approximate surface area is 198 Å². The van der Waals surface area contributed by atoms with E-state index in [1.165, 1.54) is 70.6 Å². The first-order valence-corrected chi connectivity index (χ1v) is 16.4. The van der Waals surface area contributed by atoms with Crippen LogP contribution in [0.5, 0.6) is 0 Å². The molecule has 188 valence electrons. The van der Waals surface area contributed by atoms with Crippen molar-refractivity contribution in [1.82, 2.24) is 0 Å². The lowest BCUT2D eigenvalue weighted by Gasteiger charge is -2.43. The molecule has 0 heterocycles. The summed E-state index contributed by atoms with van der Waals surface area (Å²) in [5, 5.41) is 0. The van der Waals surface area contributed by atoms with E-state index in [-0.39, 0.29) is 0 Å². The predicted molar refractivity (Wildman–Crippen MR) is 143 cm³/mol. The smallest absolute Gasteiger partial charge is 0.0612 e. The minimum atomic E-state index is -1.16. The van der Waals surface area contributed by atoms with E-state index in [2.05, 4.69) is 55.4 Å². The number of hydrogen-bond acceptors (Lipinski definition) is 2. The minimum Gasteiger partial charge on any atom is -0.381 e. The summed E-state index contributed by atoms with van der Waals surface area (Å²) in [7, 11) is -1.16. The standard InChI is InChI=1S/C28H60O2Si/c1-25(2)30-23-20-22-29-21-18-16-14-12-10-9-11-13-15-17-19-24-31(26(3)4,27(5)6)28(7)8/h25-28H,9-24H2,1-8H3. The third-order valence-corrected chi connectivity index (χ3v) is 15.2. The van der Waals surface area contributed by atoms with Gasteiger partial charge in [-0.1, -0.05) is 128 Å². The van der Waals surface area contributed by atoms with Gasteiger partial charge in [0, 0.05) is 19.8 Å². The van der Waals surface area contributed by atoms with E-state index < -0.39 is 8.07 Å². The molecule has 0 aliphatic heterocycles. The zero-order chi connectivity index (χ0) is 23.5. The summed E-state index contributed by atoms with van der Waals surface area (Å²) in [6.07, 6.45) is 16.9. The van der Waals surface area contributed by atoms with Crippen LogP contribution in [0.4, 0.5) is 0 Å². The lowest BCUT2D eigenvalue weighted by atomic mass is 10.1. The number of hydrogen-bond donors (Lipinski definition) is 0. The van der Waals surface area contributed by atoms with Gasteiger partial charge < -0.3 is 9.47 Å². The molecule has 0 fully saturated rings. The van der Waals surface area contributed by atoms with Gasteiger partial charge in [-0.15, -0.1) is 0 Å². The lowest BCUT2D eigenvalue weighted by Crippen LogP contribution is -2.44. The van der Waals surface area contributed by atoms with Crippen molar-refractivity contribution in [1.29, 1.82) is 0 Å². The molecule has 0 aliphatic rings. The first-order valence-electron chi connectivity index (χ1n) is 13.9. The summed E-state index contributed by atoms with van der Waals surface area (Å²) in [6.45, 7) is 21.8. The molecule has 0 saturated heterocycles. The fourth-order valence-corrected chi connectivity index (χ4v) is 12.3. The van der Waals surface area contributed by atoms with Crippen molar-refractivity contribution in [2.24, 2.45) is 0 Å². The fourth-order valence-electron chi connectivity index (χ4n) is 5.67. The summed E-state index contributed by atoms with van der Waals surface area (Å²) < 4.78 is 11.2. The maximum absolute atomic E-state index is 5.69. The molecule has 2 nitrogen and oxygen atoms in total. The van der Waals surface area contributed by atoms with Crippen LogP contribution in [-0.4, -0.2) is 34.0 Å². The van der Waals surface area contributed by atoms with Gasteiger partial charge in [0.25, 0.3) is 0 Å². The van der Waals surface area contributed by atoms with Crippen molar-refractivity contribution in [2.75, 3.05) is 19.8 Å². The zero-order valence-corrected chi connectivity index (χ0v) is 23.9. The van der Waals surface area contributed by atoms with Crippen molar-refractivity contribution in [3.63, 3.8) is 0 Å². The van der Waals surface area contributed by atoms with Crippen molar-refractivity contribution in [3.05, 3.63) is 0 Å². The minimum absolute atomic E-state index is 0.339. The maximum Gasteiger partial charge on any atom is 0.0612 e. The molecule has 0 bridgehead atoms. The van der Waals surface area contributed by atoms with Crippen LogP contribution in [0, 0.1) is 0 Å². The largest absolute Gasteiger partial charge is 0.381 e. The van der Waals surface area contributed by atoms with E-state index in [0.29, 0.717) is 6.10 Å². The molecular weight excluding hydrogens is 396 g/mol. The SMILES string of the molecule is CC(C)OCCCOCCCCCCCCCCCCC[Si](C(C)C)(C(C)C)C(C)C. The van der Waals surface area contributed by atoms with Crippen LogP contribution in [0.25, 0.3) is 0 Å². The summed E-state index contributed by atoms with van der Waals surface area (Å²) in [4.78, 5) is 0. The molecule has 0 radical (unpaired) electrons. The second-order valence-electron chi connectivity index (χ2n) is 11.1. The van der Waals surface area contributed by atoms with Crippen molar-refractivity contribution in [3.8, 4) is 0 Å². The molecule has 0 aromatic rings. The molecule has 0 aromatic heterocycles. The second kappa shape index (κ2) is 19.6. The average molecular weight is 457 g/mol. The Bertz CT molecular complexity index is 357. The number of unbranched alkanes of at least 4 members (excludes halogenated alkanes) is 10. The Morgan fingerprint density at radius 2 is 0.839 bits per heavy atom. The third kappa shape index (κ3) is 14.8. The first-order chi connectivity index (χ1) is 14.7. The molecule has 0 unspecified atom stereocenters. The van der Waals surface area contributed by atoms with Gasteiger partial charge in [0.1, 0.15) is 0 Å². The Kier molecular flexibility index (Phi) is 19.7. The fraction of sp³-hybridized carbons (Fsp3) is 1.00. The van der Waals surface area contributed by atoms with Gasteiger partial charge in [-0.2, -0.15) is 0 Å². The molecular formula is C28H60O2Si. The highest BCUT2D eigenvalue weighted by atomic mass is 28.3. The van der Waals surface area contributed by atoms with Gasteiger partial charge in [0.05, 0.1) is 14.2 Å². The van der Waals surface area contributed by atoms with Crippen LogP contribution in [-0.2, 0) is 9.47 Å². The molecule has 0 rings (SSSR count). The van der Waals surface area contributed by atoms with Crippen molar-refractivity contribution in [2.45, 2.75) is 161 Å². The Morgan fingerprint density at radius 1 is 0.452 bits per heavy atom. The van der Waals surface area contributed by atoms with Gasteiger partial charge in [0.15, 0.2) is 0 Å². The van der Waals surface area contributed by atoms with Crippen LogP contribution < -0.4 is 0 Å². The summed E-state index contributed by atoms with van der Waals surface area (Å²) in [5.74, 6) is 0. The Morgan fingerprint density at radius 3 is 1.26 bits per heavy atom.